The van der Waals surface area contributed by atoms with Gasteiger partial charge in [-0.3, -0.25) is 0 Å². The Balaban J connectivity index is 1.26. The first-order valence-electron chi connectivity index (χ1n) is 16.6. The second kappa shape index (κ2) is 9.22. The lowest BCUT2D eigenvalue weighted by Gasteiger charge is -2.35. The summed E-state index contributed by atoms with van der Waals surface area (Å²) in [5.74, 6) is 7.45. The van der Waals surface area contributed by atoms with Crippen molar-refractivity contribution in [3.63, 3.8) is 0 Å². The van der Waals surface area contributed by atoms with E-state index in [1.165, 1.54) is 87.3 Å². The van der Waals surface area contributed by atoms with E-state index >= 15 is 0 Å². The summed E-state index contributed by atoms with van der Waals surface area (Å²) in [5.41, 5.74) is 15.1. The number of rotatable bonds is 1. The van der Waals surface area contributed by atoms with E-state index in [0.717, 1.165) is 31.2 Å². The van der Waals surface area contributed by atoms with E-state index in [1.807, 2.05) is 0 Å². The second-order valence-electron chi connectivity index (χ2n) is 14.6. The predicted molar refractivity (Wildman–Crippen MR) is 190 cm³/mol. The van der Waals surface area contributed by atoms with Gasteiger partial charge >= 0.3 is 0 Å². The Bertz CT molecular complexity index is 2480. The minimum atomic E-state index is -0.0997. The molecule has 0 saturated carbocycles. The van der Waals surface area contributed by atoms with Crippen molar-refractivity contribution in [1.29, 1.82) is 0 Å². The Morgan fingerprint density at radius 1 is 0.622 bits per heavy atom. The first kappa shape index (κ1) is 26.8. The fraction of sp³-hybridized carbons (Fsp3) is 0.244. The topological polar surface area (TPSA) is 0 Å². The Hall–Kier alpha value is -4.60. The minimum absolute atomic E-state index is 0.0682. The molecule has 0 fully saturated rings. The molecular weight excluding hydrogens is 540 g/mol. The highest BCUT2D eigenvalue weighted by Gasteiger charge is 2.45. The third-order valence-corrected chi connectivity index (χ3v) is 11.4. The molecule has 0 amide bonds. The monoisotopic (exact) mass is 578 g/mol. The molecule has 5 aromatic rings. The van der Waals surface area contributed by atoms with Gasteiger partial charge in [-0.05, 0) is 126 Å². The smallest absolute Gasteiger partial charge is 0.0255 e. The molecule has 45 heavy (non-hydrogen) atoms. The summed E-state index contributed by atoms with van der Waals surface area (Å²) in [4.78, 5) is 0. The molecule has 0 atom stereocenters. The van der Waals surface area contributed by atoms with E-state index in [1.54, 1.807) is 0 Å². The molecule has 0 bridgehead atoms. The maximum Gasteiger partial charge on any atom is 0.0255 e. The molecule has 0 saturated heterocycles. The van der Waals surface area contributed by atoms with E-state index in [-0.39, 0.29) is 10.8 Å². The van der Waals surface area contributed by atoms with Crippen LogP contribution in [0.4, 0.5) is 0 Å². The average Bonchev–Trinajstić information content (AvgIpc) is 3.28. The van der Waals surface area contributed by atoms with Crippen molar-refractivity contribution in [3.8, 4) is 23.0 Å². The normalized spacial score (nSPS) is 17.5. The van der Waals surface area contributed by atoms with Gasteiger partial charge in [-0.15, -0.1) is 0 Å². The third kappa shape index (κ3) is 3.62. The maximum atomic E-state index is 3.73. The first-order chi connectivity index (χ1) is 21.7. The van der Waals surface area contributed by atoms with Crippen LogP contribution in [-0.2, 0) is 10.8 Å². The van der Waals surface area contributed by atoms with Crippen LogP contribution in [0.25, 0.3) is 45.2 Å². The van der Waals surface area contributed by atoms with Gasteiger partial charge in [-0.1, -0.05) is 118 Å². The van der Waals surface area contributed by atoms with Gasteiger partial charge in [0.1, 0.15) is 0 Å². The summed E-state index contributed by atoms with van der Waals surface area (Å²) in [7, 11) is 0. The molecule has 4 aliphatic carbocycles. The lowest BCUT2D eigenvalue weighted by atomic mass is 9.68. The highest BCUT2D eigenvalue weighted by Crippen LogP contribution is 2.60. The summed E-state index contributed by atoms with van der Waals surface area (Å²) in [6, 6.07) is 29.9. The molecule has 0 radical (unpaired) electrons. The van der Waals surface area contributed by atoms with Gasteiger partial charge < -0.3 is 0 Å². The summed E-state index contributed by atoms with van der Waals surface area (Å²) in [5, 5.41) is 8.30. The molecule has 0 N–H and O–H groups in total. The van der Waals surface area contributed by atoms with Crippen LogP contribution in [0, 0.1) is 18.8 Å². The number of fused-ring (bicyclic) bond motifs is 2. The molecule has 0 nitrogen and oxygen atoms in total. The van der Waals surface area contributed by atoms with E-state index in [0.29, 0.717) is 0 Å². The standard InChI is InChI=1S/C45H38/c1-27-24-38-43-41-31(27)17-11-19-37(41)44(2,3)39-25-28(26-40(42(39)43)45(38,4)5)20-21-30-22-23-36(34-16-9-8-15-33(30)34)35-18-10-13-29-12-6-7-14-32(29)35/h8-19,24-26H,6-7,22-23H2,1-5H3. The Labute approximate surface area is 266 Å². The largest absolute Gasteiger partial charge is 0.0763 e. The lowest BCUT2D eigenvalue weighted by Crippen LogP contribution is -2.36. The van der Waals surface area contributed by atoms with Crippen LogP contribution in [-0.4, -0.2) is 0 Å². The molecule has 0 aromatic heterocycles. The lowest BCUT2D eigenvalue weighted by molar-refractivity contribution is 0.639. The van der Waals surface area contributed by atoms with Gasteiger partial charge in [-0.2, -0.15) is 0 Å². The van der Waals surface area contributed by atoms with Crippen LogP contribution in [0.2, 0.25) is 0 Å². The highest BCUT2D eigenvalue weighted by molar-refractivity contribution is 6.09. The molecule has 0 unspecified atom stereocenters. The predicted octanol–water partition coefficient (Wildman–Crippen LogP) is 7.64. The third-order valence-electron chi connectivity index (χ3n) is 11.4. The first-order valence-corrected chi connectivity index (χ1v) is 16.6. The molecule has 5 aromatic carbocycles. The highest BCUT2D eigenvalue weighted by atomic mass is 14.5. The average molecular weight is 579 g/mol. The Morgan fingerprint density at radius 2 is 1.33 bits per heavy atom. The molecule has 4 aliphatic rings. The summed E-state index contributed by atoms with van der Waals surface area (Å²) in [6.07, 6.45) is 9.08. The minimum Gasteiger partial charge on any atom is -0.0763 e. The van der Waals surface area contributed by atoms with Crippen molar-refractivity contribution in [2.24, 2.45) is 0 Å². The summed E-state index contributed by atoms with van der Waals surface area (Å²) in [6.45, 7) is 11.9. The van der Waals surface area contributed by atoms with Gasteiger partial charge in [0.15, 0.2) is 0 Å². The molecular formula is C45H38. The van der Waals surface area contributed by atoms with Gasteiger partial charge in [-0.25, -0.2) is 0 Å². The Kier molecular flexibility index (Phi) is 5.48. The Morgan fingerprint density at radius 3 is 2.16 bits per heavy atom. The van der Waals surface area contributed by atoms with Crippen LogP contribution in [0.5, 0.6) is 0 Å². The zero-order valence-electron chi connectivity index (χ0n) is 27.0. The molecule has 0 heterocycles. The number of aryl methyl sites for hydroxylation is 1. The van der Waals surface area contributed by atoms with Crippen molar-refractivity contribution < 1.29 is 0 Å². The SMILES string of the molecule is Cc1cc2c3c4c(cccc14)C(C)(C)c1cc(C#CC4=c5ccccc5=C(c5cccc6c5=CCCC=6)CC4)cc(c1-3)C2(C)C. The maximum absolute atomic E-state index is 3.73. The quantitative estimate of drug-likeness (QED) is 0.179. The fourth-order valence-corrected chi connectivity index (χ4v) is 8.99. The van der Waals surface area contributed by atoms with Crippen LogP contribution >= 0.6 is 0 Å². The summed E-state index contributed by atoms with van der Waals surface area (Å²) < 4.78 is 0. The van der Waals surface area contributed by atoms with Crippen LogP contribution in [0.1, 0.15) is 92.3 Å². The van der Waals surface area contributed by atoms with Crippen LogP contribution in [0.3, 0.4) is 0 Å². The van der Waals surface area contributed by atoms with Crippen molar-refractivity contribution in [3.05, 3.63) is 139 Å². The van der Waals surface area contributed by atoms with Crippen molar-refractivity contribution >= 4 is 34.1 Å². The van der Waals surface area contributed by atoms with E-state index in [4.69, 9.17) is 0 Å². The second-order valence-corrected chi connectivity index (χ2v) is 14.6. The molecule has 0 heteroatoms. The van der Waals surface area contributed by atoms with E-state index in [2.05, 4.69) is 137 Å². The molecule has 0 spiro atoms. The molecule has 0 aliphatic heterocycles. The van der Waals surface area contributed by atoms with Crippen molar-refractivity contribution in [1.82, 2.24) is 0 Å². The number of hydrogen-bond donors (Lipinski definition) is 0. The van der Waals surface area contributed by atoms with Crippen LogP contribution in [0.15, 0.2) is 78.9 Å². The summed E-state index contributed by atoms with van der Waals surface area (Å²) >= 11 is 0. The van der Waals surface area contributed by atoms with E-state index in [9.17, 15) is 0 Å². The van der Waals surface area contributed by atoms with Gasteiger partial charge in [0.05, 0.1) is 0 Å². The van der Waals surface area contributed by atoms with Crippen molar-refractivity contribution in [2.75, 3.05) is 0 Å². The van der Waals surface area contributed by atoms with Gasteiger partial charge in [0, 0.05) is 22.0 Å². The molecule has 9 rings (SSSR count). The zero-order chi connectivity index (χ0) is 30.7. The number of hydrogen-bond acceptors (Lipinski definition) is 0. The number of benzene rings is 5. The van der Waals surface area contributed by atoms with E-state index < -0.39 is 0 Å². The fourth-order valence-electron chi connectivity index (χ4n) is 8.99. The van der Waals surface area contributed by atoms with Gasteiger partial charge in [0.2, 0.25) is 0 Å². The zero-order valence-corrected chi connectivity index (χ0v) is 27.0. The van der Waals surface area contributed by atoms with Crippen LogP contribution < -0.4 is 20.9 Å². The van der Waals surface area contributed by atoms with Gasteiger partial charge in [0.25, 0.3) is 0 Å². The van der Waals surface area contributed by atoms with Crippen molar-refractivity contribution in [2.45, 2.75) is 71.1 Å². The molecule has 218 valence electrons.